The molecule has 1 aromatic rings. The van der Waals surface area contributed by atoms with Gasteiger partial charge in [0, 0.05) is 6.07 Å². The first-order valence-corrected chi connectivity index (χ1v) is 11.7. The largest absolute Gasteiger partial charge is 0.508 e. The molecule has 1 rings (SSSR count). The van der Waals surface area contributed by atoms with Crippen molar-refractivity contribution in [3.05, 3.63) is 23.8 Å². The Hall–Kier alpha value is -1.18. The van der Waals surface area contributed by atoms with Crippen molar-refractivity contribution in [3.63, 3.8) is 0 Å². The average Bonchev–Trinajstić information content (AvgIpc) is 2.63. The molecule has 27 heavy (non-hydrogen) atoms. The second-order valence-electron chi connectivity index (χ2n) is 8.26. The van der Waals surface area contributed by atoms with Gasteiger partial charge >= 0.3 is 0 Å². The van der Waals surface area contributed by atoms with Crippen molar-refractivity contribution in [2.75, 3.05) is 0 Å². The number of rotatable bonds is 18. The van der Waals surface area contributed by atoms with Gasteiger partial charge in [-0.2, -0.15) is 0 Å². The van der Waals surface area contributed by atoms with E-state index in [1.165, 1.54) is 109 Å². The highest BCUT2D eigenvalue weighted by Gasteiger charge is 2.00. The number of unbranched alkanes of at least 4 members (excludes halogenated alkanes) is 16. The molecule has 0 fully saturated rings. The summed E-state index contributed by atoms with van der Waals surface area (Å²) in [4.78, 5) is 0. The third kappa shape index (κ3) is 14.5. The summed E-state index contributed by atoms with van der Waals surface area (Å²) in [5, 5.41) is 19.0. The fourth-order valence-electron chi connectivity index (χ4n) is 3.85. The molecule has 0 radical (unpaired) electrons. The van der Waals surface area contributed by atoms with Gasteiger partial charge in [0.05, 0.1) is 0 Å². The molecule has 2 N–H and O–H groups in total. The Labute approximate surface area is 168 Å². The summed E-state index contributed by atoms with van der Waals surface area (Å²) in [6, 6.07) is 4.90. The zero-order valence-corrected chi connectivity index (χ0v) is 17.9. The molecule has 0 aliphatic carbocycles. The summed E-state index contributed by atoms with van der Waals surface area (Å²) in [5.41, 5.74) is 1.04. The lowest BCUT2D eigenvalue weighted by Gasteiger charge is -2.05. The van der Waals surface area contributed by atoms with E-state index < -0.39 is 0 Å². The van der Waals surface area contributed by atoms with E-state index in [0.717, 1.165) is 18.4 Å². The minimum atomic E-state index is 0.164. The Bertz CT molecular complexity index is 435. The monoisotopic (exact) mass is 376 g/mol. The van der Waals surface area contributed by atoms with E-state index in [1.807, 2.05) is 0 Å². The predicted octanol–water partition coefficient (Wildman–Crippen LogP) is 8.29. The van der Waals surface area contributed by atoms with E-state index in [2.05, 4.69) is 6.92 Å². The van der Waals surface area contributed by atoms with Crippen LogP contribution in [-0.2, 0) is 6.42 Å². The molecule has 0 unspecified atom stereocenters. The number of benzene rings is 1. The van der Waals surface area contributed by atoms with Gasteiger partial charge in [-0.1, -0.05) is 110 Å². The van der Waals surface area contributed by atoms with Crippen LogP contribution in [0.5, 0.6) is 11.5 Å². The van der Waals surface area contributed by atoms with Gasteiger partial charge < -0.3 is 10.2 Å². The van der Waals surface area contributed by atoms with Crippen LogP contribution in [0.2, 0.25) is 0 Å². The molecule has 0 aliphatic heterocycles. The van der Waals surface area contributed by atoms with E-state index in [1.54, 1.807) is 12.1 Å². The average molecular weight is 377 g/mol. The maximum absolute atomic E-state index is 9.48. The van der Waals surface area contributed by atoms with Gasteiger partial charge in [0.1, 0.15) is 11.5 Å². The Morgan fingerprint density at radius 2 is 0.815 bits per heavy atom. The fraction of sp³-hybridized carbons (Fsp3) is 0.760. The molecular formula is C25H44O2. The van der Waals surface area contributed by atoms with Crippen molar-refractivity contribution in [3.8, 4) is 11.5 Å². The van der Waals surface area contributed by atoms with Gasteiger partial charge in [0.15, 0.2) is 0 Å². The Balaban J connectivity index is 1.78. The summed E-state index contributed by atoms with van der Waals surface area (Å²) in [6.45, 7) is 2.28. The quantitative estimate of drug-likeness (QED) is 0.253. The normalized spacial score (nSPS) is 11.1. The zero-order valence-electron chi connectivity index (χ0n) is 17.9. The maximum Gasteiger partial charge on any atom is 0.119 e. The van der Waals surface area contributed by atoms with Crippen molar-refractivity contribution in [2.45, 2.75) is 122 Å². The van der Waals surface area contributed by atoms with Gasteiger partial charge in [-0.3, -0.25) is 0 Å². The van der Waals surface area contributed by atoms with Gasteiger partial charge in [0.2, 0.25) is 0 Å². The number of aryl methyl sites for hydroxylation is 1. The molecule has 0 heterocycles. The predicted molar refractivity (Wildman–Crippen MR) is 118 cm³/mol. The van der Waals surface area contributed by atoms with E-state index in [0.29, 0.717) is 0 Å². The van der Waals surface area contributed by atoms with Crippen molar-refractivity contribution >= 4 is 0 Å². The Morgan fingerprint density at radius 1 is 0.481 bits per heavy atom. The second kappa shape index (κ2) is 17.0. The van der Waals surface area contributed by atoms with Crippen LogP contribution in [0.1, 0.15) is 122 Å². The van der Waals surface area contributed by atoms with E-state index in [9.17, 15) is 10.2 Å². The molecule has 0 saturated heterocycles. The molecule has 1 aromatic carbocycles. The number of hydrogen-bond donors (Lipinski definition) is 2. The van der Waals surface area contributed by atoms with Crippen molar-refractivity contribution in [1.82, 2.24) is 0 Å². The highest BCUT2D eigenvalue weighted by atomic mass is 16.3. The summed E-state index contributed by atoms with van der Waals surface area (Å²) in [6.07, 6.45) is 24.5. The molecule has 0 saturated carbocycles. The lowest BCUT2D eigenvalue weighted by Crippen LogP contribution is -1.87. The van der Waals surface area contributed by atoms with Gasteiger partial charge in [-0.15, -0.1) is 0 Å². The summed E-state index contributed by atoms with van der Waals surface area (Å²) >= 11 is 0. The molecule has 0 spiro atoms. The molecule has 0 aromatic heterocycles. The Kier molecular flexibility index (Phi) is 15.0. The van der Waals surface area contributed by atoms with Crippen molar-refractivity contribution in [2.24, 2.45) is 0 Å². The van der Waals surface area contributed by atoms with Crippen LogP contribution in [0.25, 0.3) is 0 Å². The van der Waals surface area contributed by atoms with Crippen LogP contribution in [0, 0.1) is 0 Å². The molecule has 2 heteroatoms. The minimum Gasteiger partial charge on any atom is -0.508 e. The molecule has 0 aliphatic rings. The summed E-state index contributed by atoms with van der Waals surface area (Å²) < 4.78 is 0. The number of phenols is 2. The smallest absolute Gasteiger partial charge is 0.119 e. The standard InChI is InChI=1S/C25H44O2/c1-2-3-4-5-6-7-8-9-10-11-12-13-14-15-16-17-18-19-23-20-24(26)22-25(27)21-23/h20-22,26-27H,2-19H2,1H3. The molecular weight excluding hydrogens is 332 g/mol. The van der Waals surface area contributed by atoms with Crippen LogP contribution in [0.3, 0.4) is 0 Å². The molecule has 2 nitrogen and oxygen atoms in total. The van der Waals surface area contributed by atoms with Gasteiger partial charge in [-0.25, -0.2) is 0 Å². The van der Waals surface area contributed by atoms with Gasteiger partial charge in [-0.05, 0) is 30.5 Å². The third-order valence-electron chi connectivity index (χ3n) is 5.53. The number of hydrogen-bond acceptors (Lipinski definition) is 2. The first-order chi connectivity index (χ1) is 13.2. The maximum atomic E-state index is 9.48. The molecule has 0 amide bonds. The van der Waals surface area contributed by atoms with E-state index in [4.69, 9.17) is 0 Å². The number of phenolic OH excluding ortho intramolecular Hbond substituents is 2. The number of aromatic hydroxyl groups is 2. The lowest BCUT2D eigenvalue weighted by molar-refractivity contribution is 0.449. The molecule has 0 bridgehead atoms. The zero-order chi connectivity index (χ0) is 19.6. The highest BCUT2D eigenvalue weighted by molar-refractivity contribution is 5.36. The van der Waals surface area contributed by atoms with Crippen LogP contribution >= 0.6 is 0 Å². The van der Waals surface area contributed by atoms with Crippen molar-refractivity contribution in [1.29, 1.82) is 0 Å². The van der Waals surface area contributed by atoms with Crippen LogP contribution in [0.15, 0.2) is 18.2 Å². The Morgan fingerprint density at radius 3 is 1.19 bits per heavy atom. The lowest BCUT2D eigenvalue weighted by atomic mass is 10.0. The topological polar surface area (TPSA) is 40.5 Å². The SMILES string of the molecule is CCCCCCCCCCCCCCCCCCCc1cc(O)cc(O)c1. The minimum absolute atomic E-state index is 0.164. The van der Waals surface area contributed by atoms with Crippen LogP contribution in [-0.4, -0.2) is 10.2 Å². The van der Waals surface area contributed by atoms with Crippen molar-refractivity contribution < 1.29 is 10.2 Å². The first-order valence-electron chi connectivity index (χ1n) is 11.7. The van der Waals surface area contributed by atoms with E-state index in [-0.39, 0.29) is 11.5 Å². The molecule has 156 valence electrons. The molecule has 0 atom stereocenters. The fourth-order valence-corrected chi connectivity index (χ4v) is 3.85. The first kappa shape index (κ1) is 23.9. The van der Waals surface area contributed by atoms with E-state index >= 15 is 0 Å². The van der Waals surface area contributed by atoms with Crippen LogP contribution in [0.4, 0.5) is 0 Å². The summed E-state index contributed by atoms with van der Waals surface area (Å²) in [7, 11) is 0. The third-order valence-corrected chi connectivity index (χ3v) is 5.53. The summed E-state index contributed by atoms with van der Waals surface area (Å²) in [5.74, 6) is 0.328. The van der Waals surface area contributed by atoms with Gasteiger partial charge in [0.25, 0.3) is 0 Å². The van der Waals surface area contributed by atoms with Crippen LogP contribution < -0.4 is 0 Å². The second-order valence-corrected chi connectivity index (χ2v) is 8.26. The highest BCUT2D eigenvalue weighted by Crippen LogP contribution is 2.22.